The minimum absolute atomic E-state index is 0.182. The Labute approximate surface area is 153 Å². The van der Waals surface area contributed by atoms with Gasteiger partial charge in [-0.1, -0.05) is 24.3 Å². The zero-order chi connectivity index (χ0) is 18.4. The third-order valence-corrected chi connectivity index (χ3v) is 5.91. The molecule has 0 bridgehead atoms. The molecule has 0 N–H and O–H groups in total. The molecule has 0 radical (unpaired) electrons. The van der Waals surface area contributed by atoms with E-state index in [4.69, 9.17) is 0 Å². The van der Waals surface area contributed by atoms with Crippen molar-refractivity contribution in [2.45, 2.75) is 45.3 Å². The SMILES string of the molecule is CC1Cc2c(c3cccc(F)c3n2CCc2cccc(F)c2)C(C)N1C. The summed E-state index contributed by atoms with van der Waals surface area (Å²) in [5.41, 5.74) is 4.08. The summed E-state index contributed by atoms with van der Waals surface area (Å²) in [7, 11) is 2.13. The van der Waals surface area contributed by atoms with E-state index in [0.717, 1.165) is 17.4 Å². The number of para-hydroxylation sites is 1. The van der Waals surface area contributed by atoms with E-state index in [1.807, 2.05) is 12.1 Å². The maximum atomic E-state index is 14.7. The van der Waals surface area contributed by atoms with E-state index in [2.05, 4.69) is 30.4 Å². The number of aromatic nitrogens is 1. The molecule has 1 aromatic heterocycles. The second-order valence-corrected chi connectivity index (χ2v) is 7.42. The first-order chi connectivity index (χ1) is 12.5. The molecule has 0 spiro atoms. The number of aryl methyl sites for hydroxylation is 2. The van der Waals surface area contributed by atoms with Crippen LogP contribution in [0.15, 0.2) is 42.5 Å². The average molecular weight is 354 g/mol. The molecule has 136 valence electrons. The molecule has 26 heavy (non-hydrogen) atoms. The highest BCUT2D eigenvalue weighted by Crippen LogP contribution is 2.39. The van der Waals surface area contributed by atoms with E-state index in [0.29, 0.717) is 24.5 Å². The van der Waals surface area contributed by atoms with Crippen LogP contribution in [-0.2, 0) is 19.4 Å². The van der Waals surface area contributed by atoms with E-state index in [1.165, 1.54) is 23.4 Å². The summed E-state index contributed by atoms with van der Waals surface area (Å²) in [6.07, 6.45) is 1.58. The van der Waals surface area contributed by atoms with Gasteiger partial charge in [0, 0.05) is 36.1 Å². The molecule has 2 nitrogen and oxygen atoms in total. The van der Waals surface area contributed by atoms with E-state index < -0.39 is 0 Å². The van der Waals surface area contributed by atoms with Crippen LogP contribution in [0.25, 0.3) is 10.9 Å². The molecule has 1 aliphatic heterocycles. The van der Waals surface area contributed by atoms with E-state index in [1.54, 1.807) is 18.2 Å². The molecule has 2 aromatic carbocycles. The lowest BCUT2D eigenvalue weighted by molar-refractivity contribution is 0.177. The third-order valence-electron chi connectivity index (χ3n) is 5.91. The standard InChI is InChI=1S/C22H24F2N2/c1-14-12-20-21(15(2)25(14)3)18-8-5-9-19(24)22(18)26(20)11-10-16-6-4-7-17(23)13-16/h4-9,13-15H,10-12H2,1-3H3. The number of hydrogen-bond donors (Lipinski definition) is 0. The van der Waals surface area contributed by atoms with Gasteiger partial charge in [-0.25, -0.2) is 8.78 Å². The minimum atomic E-state index is -0.225. The summed E-state index contributed by atoms with van der Waals surface area (Å²) in [6.45, 7) is 5.06. The van der Waals surface area contributed by atoms with Gasteiger partial charge in [-0.05, 0) is 56.6 Å². The monoisotopic (exact) mass is 354 g/mol. The number of likely N-dealkylation sites (N-methyl/N-ethyl adjacent to an activating group) is 1. The second-order valence-electron chi connectivity index (χ2n) is 7.42. The smallest absolute Gasteiger partial charge is 0.147 e. The van der Waals surface area contributed by atoms with Crippen molar-refractivity contribution in [1.82, 2.24) is 9.47 Å². The van der Waals surface area contributed by atoms with Crippen molar-refractivity contribution in [3.8, 4) is 0 Å². The summed E-state index contributed by atoms with van der Waals surface area (Å²) >= 11 is 0. The fraction of sp³-hybridized carbons (Fsp3) is 0.364. The second kappa shape index (κ2) is 6.51. The number of benzene rings is 2. The molecule has 1 aliphatic rings. The highest BCUT2D eigenvalue weighted by atomic mass is 19.1. The topological polar surface area (TPSA) is 8.17 Å². The molecular weight excluding hydrogens is 330 g/mol. The van der Waals surface area contributed by atoms with Crippen molar-refractivity contribution in [3.63, 3.8) is 0 Å². The predicted molar refractivity (Wildman–Crippen MR) is 101 cm³/mol. The van der Waals surface area contributed by atoms with Crippen LogP contribution in [0, 0.1) is 11.6 Å². The molecule has 2 heterocycles. The lowest BCUT2D eigenvalue weighted by Crippen LogP contribution is -2.38. The molecule has 0 saturated carbocycles. The zero-order valence-corrected chi connectivity index (χ0v) is 15.5. The van der Waals surface area contributed by atoms with Gasteiger partial charge in [0.1, 0.15) is 11.6 Å². The Hall–Kier alpha value is -2.20. The van der Waals surface area contributed by atoms with Gasteiger partial charge in [0.2, 0.25) is 0 Å². The number of rotatable bonds is 3. The van der Waals surface area contributed by atoms with Gasteiger partial charge in [-0.3, -0.25) is 4.90 Å². The van der Waals surface area contributed by atoms with Crippen LogP contribution >= 0.6 is 0 Å². The number of halogens is 2. The molecule has 2 unspecified atom stereocenters. The van der Waals surface area contributed by atoms with Crippen molar-refractivity contribution < 1.29 is 8.78 Å². The fourth-order valence-electron chi connectivity index (χ4n) is 4.32. The van der Waals surface area contributed by atoms with Crippen molar-refractivity contribution in [2.75, 3.05) is 7.05 Å². The molecule has 0 saturated heterocycles. The minimum Gasteiger partial charge on any atom is -0.341 e. The Morgan fingerprint density at radius 2 is 1.85 bits per heavy atom. The third kappa shape index (κ3) is 2.73. The molecule has 0 fully saturated rings. The van der Waals surface area contributed by atoms with Crippen LogP contribution in [0.3, 0.4) is 0 Å². The normalized spacial score (nSPS) is 20.5. The fourth-order valence-corrected chi connectivity index (χ4v) is 4.32. The van der Waals surface area contributed by atoms with Crippen LogP contribution in [-0.4, -0.2) is 22.6 Å². The summed E-state index contributed by atoms with van der Waals surface area (Å²) in [5, 5.41) is 1.01. The van der Waals surface area contributed by atoms with Gasteiger partial charge in [0.05, 0.1) is 5.52 Å². The Balaban J connectivity index is 1.82. The van der Waals surface area contributed by atoms with Crippen molar-refractivity contribution in [1.29, 1.82) is 0 Å². The molecule has 2 atom stereocenters. The van der Waals surface area contributed by atoms with Crippen LogP contribution in [0.5, 0.6) is 0 Å². The van der Waals surface area contributed by atoms with Gasteiger partial charge in [-0.15, -0.1) is 0 Å². The quantitative estimate of drug-likeness (QED) is 0.635. The lowest BCUT2D eigenvalue weighted by Gasteiger charge is -2.36. The summed E-state index contributed by atoms with van der Waals surface area (Å²) < 4.78 is 30.4. The molecule has 0 amide bonds. The first-order valence-electron chi connectivity index (χ1n) is 9.23. The molecule has 0 aliphatic carbocycles. The molecule has 3 aromatic rings. The van der Waals surface area contributed by atoms with Crippen LogP contribution in [0.4, 0.5) is 8.78 Å². The molecule has 4 heteroatoms. The highest BCUT2D eigenvalue weighted by molar-refractivity contribution is 5.87. The average Bonchev–Trinajstić information content (AvgIpc) is 2.93. The number of nitrogens with zero attached hydrogens (tertiary/aromatic N) is 2. The zero-order valence-electron chi connectivity index (χ0n) is 15.5. The predicted octanol–water partition coefficient (Wildman–Crippen LogP) is 5.10. The lowest BCUT2D eigenvalue weighted by atomic mass is 9.93. The van der Waals surface area contributed by atoms with Crippen LogP contribution < -0.4 is 0 Å². The Morgan fingerprint density at radius 1 is 1.08 bits per heavy atom. The number of fused-ring (bicyclic) bond motifs is 3. The first kappa shape index (κ1) is 17.2. The van der Waals surface area contributed by atoms with E-state index in [-0.39, 0.29) is 17.7 Å². The highest BCUT2D eigenvalue weighted by Gasteiger charge is 2.32. The first-order valence-corrected chi connectivity index (χ1v) is 9.23. The van der Waals surface area contributed by atoms with Crippen molar-refractivity contribution in [3.05, 3.63) is 70.9 Å². The van der Waals surface area contributed by atoms with E-state index in [9.17, 15) is 8.78 Å². The number of hydrogen-bond acceptors (Lipinski definition) is 1. The van der Waals surface area contributed by atoms with E-state index >= 15 is 0 Å². The van der Waals surface area contributed by atoms with Gasteiger partial charge in [0.25, 0.3) is 0 Å². The van der Waals surface area contributed by atoms with Gasteiger partial charge in [0.15, 0.2) is 0 Å². The van der Waals surface area contributed by atoms with Crippen molar-refractivity contribution in [2.24, 2.45) is 0 Å². The maximum absolute atomic E-state index is 14.7. The Bertz CT molecular complexity index is 960. The van der Waals surface area contributed by atoms with Crippen LogP contribution in [0.1, 0.15) is 36.7 Å². The summed E-state index contributed by atoms with van der Waals surface area (Å²) in [6, 6.07) is 12.7. The molecular formula is C22H24F2N2. The van der Waals surface area contributed by atoms with Crippen LogP contribution in [0.2, 0.25) is 0 Å². The Kier molecular flexibility index (Phi) is 4.31. The van der Waals surface area contributed by atoms with Gasteiger partial charge < -0.3 is 4.57 Å². The maximum Gasteiger partial charge on any atom is 0.147 e. The van der Waals surface area contributed by atoms with Crippen molar-refractivity contribution >= 4 is 10.9 Å². The largest absolute Gasteiger partial charge is 0.341 e. The summed E-state index contributed by atoms with van der Waals surface area (Å²) in [5.74, 6) is -0.407. The summed E-state index contributed by atoms with van der Waals surface area (Å²) in [4.78, 5) is 2.35. The Morgan fingerprint density at radius 3 is 2.62 bits per heavy atom. The van der Waals surface area contributed by atoms with Gasteiger partial charge >= 0.3 is 0 Å². The van der Waals surface area contributed by atoms with Gasteiger partial charge in [-0.2, -0.15) is 0 Å². The molecule has 4 rings (SSSR count).